The first kappa shape index (κ1) is 10.7. The number of aromatic nitrogens is 1. The summed E-state index contributed by atoms with van der Waals surface area (Å²) in [5, 5.41) is 3.10. The van der Waals surface area contributed by atoms with Gasteiger partial charge in [0.15, 0.2) is 0 Å². The number of pyridine rings is 1. The van der Waals surface area contributed by atoms with Gasteiger partial charge in [-0.05, 0) is 19.1 Å². The minimum absolute atomic E-state index is 0.0572. The highest BCUT2D eigenvalue weighted by Crippen LogP contribution is 2.05. The number of nitrogens with one attached hydrogen (secondary N) is 1. The maximum atomic E-state index is 11.5. The van der Waals surface area contributed by atoms with Crippen LogP contribution in [0.25, 0.3) is 0 Å². The summed E-state index contributed by atoms with van der Waals surface area (Å²) in [6.45, 7) is 5.41. The second-order valence-electron chi connectivity index (χ2n) is 2.87. The molecule has 1 aromatic heterocycles. The maximum absolute atomic E-state index is 11.5. The molecule has 0 spiro atoms. The maximum Gasteiger partial charge on any atom is 0.253 e. The summed E-state index contributed by atoms with van der Waals surface area (Å²) in [6, 6.07) is 3.15. The Bertz CT molecular complexity index is 334. The molecule has 14 heavy (non-hydrogen) atoms. The van der Waals surface area contributed by atoms with Crippen molar-refractivity contribution in [3.05, 3.63) is 41.7 Å². The fourth-order valence-electron chi connectivity index (χ4n) is 0.859. The second-order valence-corrected chi connectivity index (χ2v) is 3.25. The fourth-order valence-corrected chi connectivity index (χ4v) is 0.971. The fraction of sp³-hybridized carbons (Fsp3) is 0.200. The lowest BCUT2D eigenvalue weighted by molar-refractivity contribution is 0.0946. The molecule has 0 aliphatic heterocycles. The van der Waals surface area contributed by atoms with E-state index in [1.807, 2.05) is 6.92 Å². The average Bonchev–Trinajstić information content (AvgIpc) is 2.18. The molecule has 0 fully saturated rings. The lowest BCUT2D eigenvalue weighted by atomic mass is 10.2. The van der Waals surface area contributed by atoms with Crippen molar-refractivity contribution in [1.82, 2.24) is 10.3 Å². The van der Waals surface area contributed by atoms with Crippen LogP contribution in [0.5, 0.6) is 0 Å². The summed E-state index contributed by atoms with van der Waals surface area (Å²) in [7, 11) is 0. The smallest absolute Gasteiger partial charge is 0.253 e. The highest BCUT2D eigenvalue weighted by molar-refractivity contribution is 6.29. The monoisotopic (exact) mass is 210 g/mol. The Labute approximate surface area is 87.8 Å². The first-order chi connectivity index (χ1) is 6.63. The van der Waals surface area contributed by atoms with Gasteiger partial charge in [-0.2, -0.15) is 0 Å². The van der Waals surface area contributed by atoms with Gasteiger partial charge in [0, 0.05) is 12.2 Å². The van der Waals surface area contributed by atoms with Gasteiger partial charge in [0.2, 0.25) is 0 Å². The van der Waals surface area contributed by atoms with Crippen LogP contribution in [0.2, 0.25) is 5.15 Å². The zero-order valence-corrected chi connectivity index (χ0v) is 8.58. The third kappa shape index (κ3) is 2.85. The van der Waals surface area contributed by atoms with Crippen molar-refractivity contribution in [2.75, 3.05) is 0 Å². The van der Waals surface area contributed by atoms with Crippen molar-refractivity contribution in [2.24, 2.45) is 0 Å². The third-order valence-electron chi connectivity index (χ3n) is 1.70. The topological polar surface area (TPSA) is 42.0 Å². The normalized spacial score (nSPS) is 11.9. The molecular weight excluding hydrogens is 200 g/mol. The van der Waals surface area contributed by atoms with Crippen LogP contribution in [-0.4, -0.2) is 16.9 Å². The molecule has 0 saturated carbocycles. The van der Waals surface area contributed by atoms with Crippen molar-refractivity contribution in [1.29, 1.82) is 0 Å². The van der Waals surface area contributed by atoms with Crippen LogP contribution in [-0.2, 0) is 0 Å². The summed E-state index contributed by atoms with van der Waals surface area (Å²) < 4.78 is 0. The minimum atomic E-state index is -0.179. The number of carbonyl (C=O) groups excluding carboxylic acids is 1. The molecule has 1 atom stereocenters. The van der Waals surface area contributed by atoms with E-state index in [0.717, 1.165) is 0 Å². The SMILES string of the molecule is C=CC(C)NC(=O)c1ccc(Cl)nc1. The molecule has 0 aromatic carbocycles. The first-order valence-corrected chi connectivity index (χ1v) is 4.56. The molecule has 3 nitrogen and oxygen atoms in total. The third-order valence-corrected chi connectivity index (χ3v) is 1.93. The van der Waals surface area contributed by atoms with Crippen molar-refractivity contribution in [3.63, 3.8) is 0 Å². The standard InChI is InChI=1S/C10H11ClN2O/c1-3-7(2)13-10(14)8-4-5-9(11)12-6-8/h3-7H,1H2,2H3,(H,13,14). The van der Waals surface area contributed by atoms with Gasteiger partial charge < -0.3 is 5.32 Å². The number of hydrogen-bond acceptors (Lipinski definition) is 2. The summed E-state index contributed by atoms with van der Waals surface area (Å²) >= 11 is 5.59. The zero-order valence-electron chi connectivity index (χ0n) is 7.83. The van der Waals surface area contributed by atoms with Crippen molar-refractivity contribution in [3.8, 4) is 0 Å². The van der Waals surface area contributed by atoms with Crippen molar-refractivity contribution < 1.29 is 4.79 Å². The van der Waals surface area contributed by atoms with E-state index in [1.165, 1.54) is 6.20 Å². The Morgan fingerprint density at radius 2 is 2.43 bits per heavy atom. The van der Waals surface area contributed by atoms with E-state index in [4.69, 9.17) is 11.6 Å². The lowest BCUT2D eigenvalue weighted by Gasteiger charge is -2.08. The Hall–Kier alpha value is -1.35. The highest BCUT2D eigenvalue weighted by atomic mass is 35.5. The van der Waals surface area contributed by atoms with E-state index in [0.29, 0.717) is 10.7 Å². The van der Waals surface area contributed by atoms with E-state index < -0.39 is 0 Å². The Morgan fingerprint density at radius 1 is 1.71 bits per heavy atom. The van der Waals surface area contributed by atoms with E-state index in [-0.39, 0.29) is 11.9 Å². The molecule has 0 bridgehead atoms. The van der Waals surface area contributed by atoms with E-state index in [1.54, 1.807) is 18.2 Å². The van der Waals surface area contributed by atoms with Crippen LogP contribution in [0.1, 0.15) is 17.3 Å². The molecule has 0 aliphatic carbocycles. The average molecular weight is 211 g/mol. The predicted molar refractivity (Wildman–Crippen MR) is 56.4 cm³/mol. The molecule has 1 heterocycles. The van der Waals surface area contributed by atoms with Crippen LogP contribution >= 0.6 is 11.6 Å². The molecule has 1 unspecified atom stereocenters. The van der Waals surface area contributed by atoms with Gasteiger partial charge in [0.25, 0.3) is 5.91 Å². The van der Waals surface area contributed by atoms with Crippen molar-refractivity contribution in [2.45, 2.75) is 13.0 Å². The zero-order chi connectivity index (χ0) is 10.6. The molecule has 1 aromatic rings. The molecule has 4 heteroatoms. The van der Waals surface area contributed by atoms with E-state index >= 15 is 0 Å². The molecule has 1 amide bonds. The minimum Gasteiger partial charge on any atom is -0.346 e. The molecular formula is C10H11ClN2O. The van der Waals surface area contributed by atoms with Gasteiger partial charge in [0.05, 0.1) is 5.56 Å². The van der Waals surface area contributed by atoms with Gasteiger partial charge in [0.1, 0.15) is 5.15 Å². The van der Waals surface area contributed by atoms with Crippen LogP contribution in [0.15, 0.2) is 31.0 Å². The quantitative estimate of drug-likeness (QED) is 0.613. The lowest BCUT2D eigenvalue weighted by Crippen LogP contribution is -2.30. The number of hydrogen-bond donors (Lipinski definition) is 1. The molecule has 0 radical (unpaired) electrons. The van der Waals surface area contributed by atoms with Crippen molar-refractivity contribution >= 4 is 17.5 Å². The van der Waals surface area contributed by atoms with Gasteiger partial charge in [-0.3, -0.25) is 4.79 Å². The number of halogens is 1. The largest absolute Gasteiger partial charge is 0.346 e. The number of carbonyl (C=O) groups is 1. The Kier molecular flexibility index (Phi) is 3.65. The van der Waals surface area contributed by atoms with Gasteiger partial charge >= 0.3 is 0 Å². The summed E-state index contributed by atoms with van der Waals surface area (Å²) in [4.78, 5) is 15.3. The number of nitrogens with zero attached hydrogens (tertiary/aromatic N) is 1. The van der Waals surface area contributed by atoms with Gasteiger partial charge in [-0.1, -0.05) is 17.7 Å². The molecule has 0 saturated heterocycles. The molecule has 74 valence electrons. The first-order valence-electron chi connectivity index (χ1n) is 4.18. The highest BCUT2D eigenvalue weighted by Gasteiger charge is 2.07. The number of rotatable bonds is 3. The predicted octanol–water partition coefficient (Wildman–Crippen LogP) is 2.04. The van der Waals surface area contributed by atoms with E-state index in [2.05, 4.69) is 16.9 Å². The summed E-state index contributed by atoms with van der Waals surface area (Å²) in [5.74, 6) is -0.179. The van der Waals surface area contributed by atoms with Crippen LogP contribution in [0, 0.1) is 0 Å². The molecule has 1 N–H and O–H groups in total. The van der Waals surface area contributed by atoms with Crippen LogP contribution < -0.4 is 5.32 Å². The Balaban J connectivity index is 2.70. The summed E-state index contributed by atoms with van der Waals surface area (Å²) in [5.41, 5.74) is 0.489. The van der Waals surface area contributed by atoms with E-state index in [9.17, 15) is 4.79 Å². The molecule has 0 aliphatic rings. The Morgan fingerprint density at radius 3 is 2.93 bits per heavy atom. The van der Waals surface area contributed by atoms with Crippen LogP contribution in [0.3, 0.4) is 0 Å². The van der Waals surface area contributed by atoms with Crippen LogP contribution in [0.4, 0.5) is 0 Å². The van der Waals surface area contributed by atoms with Gasteiger partial charge in [-0.15, -0.1) is 6.58 Å². The molecule has 1 rings (SSSR count). The number of amides is 1. The summed E-state index contributed by atoms with van der Waals surface area (Å²) in [6.07, 6.45) is 3.09. The second kappa shape index (κ2) is 4.77. The van der Waals surface area contributed by atoms with Gasteiger partial charge in [-0.25, -0.2) is 4.98 Å².